The van der Waals surface area contributed by atoms with Crippen molar-refractivity contribution in [3.05, 3.63) is 147 Å². The third-order valence-electron chi connectivity index (χ3n) is 12.2. The molecule has 0 amide bonds. The van der Waals surface area contributed by atoms with Crippen LogP contribution < -0.4 is 20.7 Å². The minimum absolute atomic E-state index is 0. The third-order valence-corrected chi connectivity index (χ3v) is 22.2. The van der Waals surface area contributed by atoms with Gasteiger partial charge in [-0.3, -0.25) is 4.79 Å². The first-order valence-electron chi connectivity index (χ1n) is 23.0. The topological polar surface area (TPSA) is 122 Å². The molecule has 2 fully saturated rings. The first-order chi connectivity index (χ1) is 31.0. The Morgan fingerprint density at radius 2 is 0.985 bits per heavy atom. The van der Waals surface area contributed by atoms with Crippen molar-refractivity contribution in [3.8, 4) is 0 Å². The quantitative estimate of drug-likeness (QED) is 0.0609. The molecule has 4 aromatic carbocycles. The number of benzene rings is 4. The second kappa shape index (κ2) is 23.0. The summed E-state index contributed by atoms with van der Waals surface area (Å²) in [4.78, 5) is 12.1. The van der Waals surface area contributed by atoms with Crippen molar-refractivity contribution >= 4 is 43.4 Å². The Bertz CT molecular complexity index is 2060. The molecule has 0 radical (unpaired) electrons. The van der Waals surface area contributed by atoms with Crippen molar-refractivity contribution in [2.24, 2.45) is 0 Å². The SMILES string of the molecule is C.C=CC[C@@H]1OC(C)(C)OC1[C@@H](CO[Si](c1ccccc1)(c1ccccc1)C(C)(C)C)OC(C)=O.C=C[C@H](O)[C@@H]1OC(C)(C)OC1[C@H](O)CO[Si](c1ccccc1)(c1ccccc1)C(C)(C)C. The molecule has 2 unspecified atom stereocenters. The summed E-state index contributed by atoms with van der Waals surface area (Å²) in [6.45, 7) is 29.7. The zero-order valence-corrected chi connectivity index (χ0v) is 42.9. The molecule has 2 heterocycles. The maximum atomic E-state index is 12.1. The molecule has 10 nitrogen and oxygen atoms in total. The standard InChI is InChI=1S/C28H38O5Si.C26H36O5Si.CH4/c1-8-15-24-26(33-28(6,7)32-24)25(31-21(2)29)20-30-34(27(3,4)5,22-16-11-9-12-17-22)23-18-13-10-14-19-23;1-7-21(27)23-24(31-26(5,6)30-23)22(28)18-29-32(25(2,3)4,19-14-10-8-11-15-19)20-16-12-9-13-17-20;/h8-14,16-19,24-26H,1,15,20H2,2-7H3;7-17,21-24,27-28H,1,18H2,2-6H3;1H4/t24-,25+,26?;21-,22+,23-,24?;/m00./s1. The van der Waals surface area contributed by atoms with Crippen LogP contribution in [-0.2, 0) is 37.3 Å². The zero-order chi connectivity index (χ0) is 48.6. The number of hydrogen-bond acceptors (Lipinski definition) is 10. The molecule has 2 aliphatic heterocycles. The monoisotopic (exact) mass is 955 g/mol. The lowest BCUT2D eigenvalue weighted by Gasteiger charge is -2.44. The van der Waals surface area contributed by atoms with Crippen LogP contribution in [0.15, 0.2) is 147 Å². The maximum Gasteiger partial charge on any atom is 0.303 e. The van der Waals surface area contributed by atoms with Crippen LogP contribution in [0.5, 0.6) is 0 Å². The van der Waals surface area contributed by atoms with Gasteiger partial charge in [0, 0.05) is 6.92 Å². The highest BCUT2D eigenvalue weighted by atomic mass is 28.4. The van der Waals surface area contributed by atoms with Gasteiger partial charge >= 0.3 is 5.97 Å². The van der Waals surface area contributed by atoms with Gasteiger partial charge in [0.15, 0.2) is 17.7 Å². The van der Waals surface area contributed by atoms with E-state index in [4.69, 9.17) is 32.5 Å². The number of esters is 1. The molecule has 67 heavy (non-hydrogen) atoms. The van der Waals surface area contributed by atoms with Crippen LogP contribution in [0.4, 0.5) is 0 Å². The van der Waals surface area contributed by atoms with Crippen LogP contribution in [0, 0.1) is 0 Å². The van der Waals surface area contributed by atoms with E-state index < -0.39 is 64.8 Å². The molecule has 4 aromatic rings. The molecule has 0 aromatic heterocycles. The molecule has 366 valence electrons. The Morgan fingerprint density at radius 3 is 1.34 bits per heavy atom. The van der Waals surface area contributed by atoms with E-state index in [1.165, 1.54) is 23.4 Å². The fourth-order valence-electron chi connectivity index (χ4n) is 9.48. The van der Waals surface area contributed by atoms with Gasteiger partial charge in [0.2, 0.25) is 0 Å². The Balaban J connectivity index is 0.000000289. The summed E-state index contributed by atoms with van der Waals surface area (Å²) < 4.78 is 43.8. The van der Waals surface area contributed by atoms with Gasteiger partial charge < -0.3 is 42.7 Å². The van der Waals surface area contributed by atoms with Gasteiger partial charge in [-0.1, -0.05) is 182 Å². The van der Waals surface area contributed by atoms with Crippen molar-refractivity contribution in [3.63, 3.8) is 0 Å². The zero-order valence-electron chi connectivity index (χ0n) is 40.9. The Hall–Kier alpha value is -4.06. The molecule has 2 aliphatic rings. The number of hydrogen-bond donors (Lipinski definition) is 2. The fraction of sp³-hybridized carbons (Fsp3) is 0.473. The Morgan fingerprint density at radius 1 is 0.627 bits per heavy atom. The lowest BCUT2D eigenvalue weighted by atomic mass is 10.0. The van der Waals surface area contributed by atoms with Crippen molar-refractivity contribution in [1.82, 2.24) is 0 Å². The highest BCUT2D eigenvalue weighted by molar-refractivity contribution is 7.00. The average molecular weight is 955 g/mol. The van der Waals surface area contributed by atoms with E-state index in [2.05, 4.69) is 127 Å². The van der Waals surface area contributed by atoms with Gasteiger partial charge in [0.05, 0.1) is 19.3 Å². The van der Waals surface area contributed by atoms with Gasteiger partial charge in [-0.25, -0.2) is 0 Å². The molecule has 0 bridgehead atoms. The third kappa shape index (κ3) is 13.0. The predicted octanol–water partition coefficient (Wildman–Crippen LogP) is 8.22. The van der Waals surface area contributed by atoms with Gasteiger partial charge in [-0.2, -0.15) is 0 Å². The smallest absolute Gasteiger partial charge is 0.303 e. The first kappa shape index (κ1) is 55.5. The Labute approximate surface area is 403 Å². The van der Waals surface area contributed by atoms with E-state index in [1.54, 1.807) is 19.9 Å². The molecule has 0 spiro atoms. The van der Waals surface area contributed by atoms with Gasteiger partial charge in [-0.15, -0.1) is 13.2 Å². The summed E-state index contributed by atoms with van der Waals surface area (Å²) in [6.07, 6.45) is -0.973. The van der Waals surface area contributed by atoms with Gasteiger partial charge in [0.25, 0.3) is 16.6 Å². The molecule has 0 saturated carbocycles. The summed E-state index contributed by atoms with van der Waals surface area (Å²) >= 11 is 0. The molecule has 7 atom stereocenters. The molecule has 12 heteroatoms. The van der Waals surface area contributed by atoms with E-state index in [9.17, 15) is 15.0 Å². The number of aliphatic hydroxyl groups excluding tert-OH is 2. The van der Waals surface area contributed by atoms with Crippen molar-refractivity contribution in [1.29, 1.82) is 0 Å². The fourth-order valence-corrected chi connectivity index (χ4v) is 18.6. The number of rotatable bonds is 17. The van der Waals surface area contributed by atoms with Crippen molar-refractivity contribution < 1.29 is 47.5 Å². The molecule has 0 aliphatic carbocycles. The lowest BCUT2D eigenvalue weighted by molar-refractivity contribution is -0.172. The van der Waals surface area contributed by atoms with E-state index in [0.717, 1.165) is 10.4 Å². The number of aliphatic hydroxyl groups is 2. The predicted molar refractivity (Wildman–Crippen MR) is 274 cm³/mol. The van der Waals surface area contributed by atoms with Crippen LogP contribution in [0.1, 0.15) is 90.0 Å². The van der Waals surface area contributed by atoms with Crippen LogP contribution in [0.25, 0.3) is 0 Å². The second-order valence-electron chi connectivity index (χ2n) is 20.1. The molecule has 6 rings (SSSR count). The van der Waals surface area contributed by atoms with Crippen molar-refractivity contribution in [2.45, 2.75) is 154 Å². The number of ether oxygens (including phenoxy) is 5. The minimum Gasteiger partial charge on any atom is -0.457 e. The highest BCUT2D eigenvalue weighted by Gasteiger charge is 2.54. The summed E-state index contributed by atoms with van der Waals surface area (Å²) in [7, 11) is -5.59. The van der Waals surface area contributed by atoms with E-state index in [-0.39, 0.29) is 42.8 Å². The largest absolute Gasteiger partial charge is 0.457 e. The van der Waals surface area contributed by atoms with Crippen LogP contribution in [-0.4, -0.2) is 100 Å². The van der Waals surface area contributed by atoms with Crippen LogP contribution in [0.3, 0.4) is 0 Å². The molecular formula is C55H78O10Si2. The second-order valence-corrected chi connectivity index (χ2v) is 28.7. The molecule has 2 saturated heterocycles. The molecule has 2 N–H and O–H groups in total. The van der Waals surface area contributed by atoms with Crippen molar-refractivity contribution in [2.75, 3.05) is 13.2 Å². The normalized spacial score (nSPS) is 21.7. The van der Waals surface area contributed by atoms with E-state index in [1.807, 2.05) is 62.4 Å². The summed E-state index contributed by atoms with van der Waals surface area (Å²) in [5.74, 6) is -2.08. The average Bonchev–Trinajstić information content (AvgIpc) is 3.77. The molecular weight excluding hydrogens is 877 g/mol. The van der Waals surface area contributed by atoms with E-state index >= 15 is 0 Å². The number of carbonyl (C=O) groups is 1. The lowest BCUT2D eigenvalue weighted by Crippen LogP contribution is -2.67. The number of carbonyl (C=O) groups excluding carboxylic acids is 1. The highest BCUT2D eigenvalue weighted by Crippen LogP contribution is 2.40. The summed E-state index contributed by atoms with van der Waals surface area (Å²) in [5, 5.41) is 25.7. The maximum absolute atomic E-state index is 12.1. The first-order valence-corrected chi connectivity index (χ1v) is 26.8. The van der Waals surface area contributed by atoms with Crippen LogP contribution >= 0.6 is 0 Å². The summed E-state index contributed by atoms with van der Waals surface area (Å²) in [5.41, 5.74) is 0. The van der Waals surface area contributed by atoms with Gasteiger partial charge in [0.1, 0.15) is 30.5 Å². The van der Waals surface area contributed by atoms with Gasteiger partial charge in [-0.05, 0) is 64.9 Å². The van der Waals surface area contributed by atoms with E-state index in [0.29, 0.717) is 6.42 Å². The minimum atomic E-state index is -2.80. The van der Waals surface area contributed by atoms with Crippen LogP contribution in [0.2, 0.25) is 10.1 Å². The Kier molecular flexibility index (Phi) is 19.1. The summed E-state index contributed by atoms with van der Waals surface area (Å²) in [6, 6.07) is 41.4.